The second-order valence-electron chi connectivity index (χ2n) is 5.41. The minimum Gasteiger partial charge on any atom is -0.504 e. The molecule has 0 atom stereocenters. The van der Waals surface area contributed by atoms with Gasteiger partial charge in [0.2, 0.25) is 5.43 Å². The Hall–Kier alpha value is -3.35. The molecular formula is C19H18O7. The summed E-state index contributed by atoms with van der Waals surface area (Å²) in [5.41, 5.74) is 0.721. The summed E-state index contributed by atoms with van der Waals surface area (Å²) in [7, 11) is 5.92. The molecule has 1 heterocycles. The predicted octanol–water partition coefficient (Wildman–Crippen LogP) is 3.20. The van der Waals surface area contributed by atoms with Gasteiger partial charge in [-0.3, -0.25) is 4.79 Å². The van der Waals surface area contributed by atoms with Gasteiger partial charge in [-0.25, -0.2) is 0 Å². The van der Waals surface area contributed by atoms with Crippen molar-refractivity contribution in [2.24, 2.45) is 0 Å². The molecule has 2 aromatic carbocycles. The second-order valence-corrected chi connectivity index (χ2v) is 5.41. The zero-order valence-corrected chi connectivity index (χ0v) is 14.8. The molecule has 26 heavy (non-hydrogen) atoms. The first kappa shape index (κ1) is 17.5. The third-order valence-electron chi connectivity index (χ3n) is 4.07. The van der Waals surface area contributed by atoms with Gasteiger partial charge in [0.05, 0.1) is 39.4 Å². The number of hydrogen-bond acceptors (Lipinski definition) is 7. The molecule has 0 fully saturated rings. The number of phenols is 1. The third kappa shape index (κ3) is 2.77. The number of rotatable bonds is 5. The van der Waals surface area contributed by atoms with Gasteiger partial charge in [-0.1, -0.05) is 0 Å². The standard InChI is InChI=1S/C19H18O7/c1-22-14-7-18(25-4)17(24-3)6-10(14)12-9-26-15-8-16(23-2)13(20)5-11(15)19(12)21/h5-9,20H,1-4H3. The van der Waals surface area contributed by atoms with E-state index in [9.17, 15) is 9.90 Å². The molecule has 0 bridgehead atoms. The van der Waals surface area contributed by atoms with Gasteiger partial charge in [-0.05, 0) is 12.1 Å². The minimum absolute atomic E-state index is 0.149. The lowest BCUT2D eigenvalue weighted by atomic mass is 10.0. The van der Waals surface area contributed by atoms with E-state index in [4.69, 9.17) is 23.4 Å². The molecule has 3 rings (SSSR count). The Kier molecular flexibility index (Phi) is 4.62. The fraction of sp³-hybridized carbons (Fsp3) is 0.211. The summed E-state index contributed by atoms with van der Waals surface area (Å²) >= 11 is 0. The average Bonchev–Trinajstić information content (AvgIpc) is 2.67. The Morgan fingerprint density at radius 2 is 1.38 bits per heavy atom. The molecule has 0 amide bonds. The highest BCUT2D eigenvalue weighted by Gasteiger charge is 2.19. The zero-order valence-electron chi connectivity index (χ0n) is 14.8. The van der Waals surface area contributed by atoms with E-state index in [-0.39, 0.29) is 27.9 Å². The quantitative estimate of drug-likeness (QED) is 0.749. The number of phenolic OH excluding ortho intramolecular Hbond substituents is 1. The average molecular weight is 358 g/mol. The number of benzene rings is 2. The van der Waals surface area contributed by atoms with Crippen LogP contribution in [0.3, 0.4) is 0 Å². The highest BCUT2D eigenvalue weighted by molar-refractivity contribution is 5.86. The lowest BCUT2D eigenvalue weighted by Gasteiger charge is -2.14. The first-order valence-corrected chi connectivity index (χ1v) is 7.67. The number of methoxy groups -OCH3 is 4. The van der Waals surface area contributed by atoms with Crippen molar-refractivity contribution in [2.75, 3.05) is 28.4 Å². The molecule has 136 valence electrons. The van der Waals surface area contributed by atoms with Crippen LogP contribution in [0.2, 0.25) is 0 Å². The van der Waals surface area contributed by atoms with Gasteiger partial charge in [0, 0.05) is 17.7 Å². The topological polar surface area (TPSA) is 87.4 Å². The molecule has 1 aromatic heterocycles. The van der Waals surface area contributed by atoms with Crippen molar-refractivity contribution in [1.29, 1.82) is 0 Å². The smallest absolute Gasteiger partial charge is 0.200 e. The maximum Gasteiger partial charge on any atom is 0.200 e. The lowest BCUT2D eigenvalue weighted by molar-refractivity contribution is 0.349. The van der Waals surface area contributed by atoms with E-state index in [2.05, 4.69) is 0 Å². The molecule has 0 aliphatic carbocycles. The Balaban J connectivity index is 2.29. The van der Waals surface area contributed by atoms with E-state index in [1.165, 1.54) is 46.8 Å². The maximum absolute atomic E-state index is 13.0. The van der Waals surface area contributed by atoms with E-state index in [1.54, 1.807) is 12.1 Å². The Morgan fingerprint density at radius 3 is 2.00 bits per heavy atom. The monoisotopic (exact) mass is 358 g/mol. The molecule has 7 heteroatoms. The van der Waals surface area contributed by atoms with Crippen LogP contribution >= 0.6 is 0 Å². The van der Waals surface area contributed by atoms with Gasteiger partial charge in [0.1, 0.15) is 17.6 Å². The van der Waals surface area contributed by atoms with Gasteiger partial charge in [0.25, 0.3) is 0 Å². The summed E-state index contributed by atoms with van der Waals surface area (Å²) in [5, 5.41) is 10.2. The number of fused-ring (bicyclic) bond motifs is 1. The Morgan fingerprint density at radius 1 is 0.769 bits per heavy atom. The highest BCUT2D eigenvalue weighted by atomic mass is 16.5. The first-order chi connectivity index (χ1) is 12.5. The van der Waals surface area contributed by atoms with Crippen LogP contribution in [0.4, 0.5) is 0 Å². The summed E-state index contributed by atoms with van der Waals surface area (Å²) in [5.74, 6) is 1.41. The summed E-state index contributed by atoms with van der Waals surface area (Å²) in [6.07, 6.45) is 1.34. The highest BCUT2D eigenvalue weighted by Crippen LogP contribution is 2.40. The van der Waals surface area contributed by atoms with Gasteiger partial charge in [-0.15, -0.1) is 0 Å². The molecule has 0 aliphatic rings. The van der Waals surface area contributed by atoms with Crippen LogP contribution in [0.25, 0.3) is 22.1 Å². The Bertz CT molecular complexity index is 1020. The normalized spacial score (nSPS) is 10.6. The molecule has 3 aromatic rings. The number of hydrogen-bond donors (Lipinski definition) is 1. The van der Waals surface area contributed by atoms with Gasteiger partial charge in [0.15, 0.2) is 23.0 Å². The fourth-order valence-corrected chi connectivity index (χ4v) is 2.73. The van der Waals surface area contributed by atoms with Crippen LogP contribution in [0.15, 0.2) is 39.7 Å². The zero-order chi connectivity index (χ0) is 18.8. The van der Waals surface area contributed by atoms with E-state index in [0.29, 0.717) is 28.4 Å². The molecule has 1 N–H and O–H groups in total. The van der Waals surface area contributed by atoms with E-state index in [1.807, 2.05) is 0 Å². The SMILES string of the molecule is COc1cc2occ(-c3cc(OC)c(OC)cc3OC)c(=O)c2cc1O. The summed E-state index contributed by atoms with van der Waals surface area (Å²) in [6, 6.07) is 6.04. The van der Waals surface area contributed by atoms with Gasteiger partial charge >= 0.3 is 0 Å². The van der Waals surface area contributed by atoms with Crippen LogP contribution < -0.4 is 24.4 Å². The van der Waals surface area contributed by atoms with E-state index < -0.39 is 0 Å². The van der Waals surface area contributed by atoms with Gasteiger partial charge < -0.3 is 28.5 Å². The number of aromatic hydroxyl groups is 1. The van der Waals surface area contributed by atoms with Crippen molar-refractivity contribution in [3.05, 3.63) is 40.8 Å². The van der Waals surface area contributed by atoms with Crippen molar-refractivity contribution in [3.8, 4) is 39.9 Å². The van der Waals surface area contributed by atoms with Crippen LogP contribution in [-0.2, 0) is 0 Å². The van der Waals surface area contributed by atoms with Gasteiger partial charge in [-0.2, -0.15) is 0 Å². The van der Waals surface area contributed by atoms with Crippen molar-refractivity contribution in [2.45, 2.75) is 0 Å². The number of ether oxygens (including phenoxy) is 4. The van der Waals surface area contributed by atoms with E-state index >= 15 is 0 Å². The van der Waals surface area contributed by atoms with Crippen molar-refractivity contribution >= 4 is 11.0 Å². The first-order valence-electron chi connectivity index (χ1n) is 7.67. The van der Waals surface area contributed by atoms with Crippen LogP contribution in [-0.4, -0.2) is 33.5 Å². The van der Waals surface area contributed by atoms with Crippen LogP contribution in [0.5, 0.6) is 28.7 Å². The molecule has 0 aliphatic heterocycles. The summed E-state index contributed by atoms with van der Waals surface area (Å²) < 4.78 is 26.6. The van der Waals surface area contributed by atoms with E-state index in [0.717, 1.165) is 0 Å². The minimum atomic E-state index is -0.324. The molecule has 0 unspecified atom stereocenters. The summed E-state index contributed by atoms with van der Waals surface area (Å²) in [4.78, 5) is 13.0. The second kappa shape index (κ2) is 6.87. The van der Waals surface area contributed by atoms with Crippen molar-refractivity contribution in [3.63, 3.8) is 0 Å². The van der Waals surface area contributed by atoms with Crippen LogP contribution in [0, 0.1) is 0 Å². The molecule has 0 saturated heterocycles. The lowest BCUT2D eigenvalue weighted by Crippen LogP contribution is -2.06. The molecule has 7 nitrogen and oxygen atoms in total. The van der Waals surface area contributed by atoms with Crippen molar-refractivity contribution < 1.29 is 28.5 Å². The molecule has 0 saturated carbocycles. The third-order valence-corrected chi connectivity index (χ3v) is 4.07. The predicted molar refractivity (Wildman–Crippen MR) is 95.8 cm³/mol. The fourth-order valence-electron chi connectivity index (χ4n) is 2.73. The van der Waals surface area contributed by atoms with Crippen molar-refractivity contribution in [1.82, 2.24) is 0 Å². The molecular weight excluding hydrogens is 340 g/mol. The maximum atomic E-state index is 13.0. The molecule has 0 radical (unpaired) electrons. The largest absolute Gasteiger partial charge is 0.504 e. The van der Waals surface area contributed by atoms with Crippen LogP contribution in [0.1, 0.15) is 0 Å². The Labute approximate surface area is 149 Å². The summed E-state index contributed by atoms with van der Waals surface area (Å²) in [6.45, 7) is 0. The molecule has 0 spiro atoms.